The first kappa shape index (κ1) is 52.1. The number of aliphatic hydroxyl groups excluding tert-OH is 2. The van der Waals surface area contributed by atoms with Crippen LogP contribution in [-0.4, -0.2) is 135 Å². The molecule has 0 aliphatic carbocycles. The fraction of sp³-hybridized carbons (Fsp3) is 0.462. The minimum absolute atomic E-state index is 0.0817. The molecule has 4 heterocycles. The van der Waals surface area contributed by atoms with Gasteiger partial charge in [-0.05, 0) is 93.1 Å². The Balaban J connectivity index is 0.830. The summed E-state index contributed by atoms with van der Waals surface area (Å²) >= 11 is 7.80. The molecule has 372 valence electrons. The van der Waals surface area contributed by atoms with Crippen LogP contribution in [0.25, 0.3) is 21.7 Å². The average Bonchev–Trinajstić information content (AvgIpc) is 4.09. The topological polar surface area (TPSA) is 201 Å². The zero-order chi connectivity index (χ0) is 50.3. The van der Waals surface area contributed by atoms with Crippen LogP contribution in [0, 0.1) is 23.7 Å². The first-order valence-corrected chi connectivity index (χ1v) is 25.1. The number of amides is 3. The highest BCUT2D eigenvalue weighted by atomic mass is 35.5. The fourth-order valence-corrected chi connectivity index (χ4v) is 10.1. The number of thiazole rings is 1. The van der Waals surface area contributed by atoms with Gasteiger partial charge in [0.1, 0.15) is 18.9 Å². The second-order valence-electron chi connectivity index (χ2n) is 19.6. The number of aryl methyl sites for hydroxylation is 1. The van der Waals surface area contributed by atoms with Gasteiger partial charge in [-0.15, -0.1) is 11.3 Å². The number of halogens is 1. The van der Waals surface area contributed by atoms with Crippen LogP contribution in [0.3, 0.4) is 0 Å². The molecule has 7 rings (SSSR count). The third kappa shape index (κ3) is 13.2. The number of β-amino-alcohol motifs (C(OH)–C–C–N with tert-alkyl or cyclic N) is 1. The quantitative estimate of drug-likeness (QED) is 0.0686. The number of ether oxygens (including phenoxy) is 1. The second kappa shape index (κ2) is 23.0. The van der Waals surface area contributed by atoms with Crippen molar-refractivity contribution in [2.75, 3.05) is 50.8 Å². The van der Waals surface area contributed by atoms with Crippen LogP contribution in [0.2, 0.25) is 5.02 Å². The first-order chi connectivity index (χ1) is 33.4. The highest BCUT2D eigenvalue weighted by Crippen LogP contribution is 2.31. The maximum Gasteiger partial charge on any atom is 0.251 e. The van der Waals surface area contributed by atoms with E-state index in [2.05, 4.69) is 41.9 Å². The number of anilines is 1. The number of hydrogen-bond donors (Lipinski definition) is 5. The summed E-state index contributed by atoms with van der Waals surface area (Å²) in [5, 5.41) is 45.8. The van der Waals surface area contributed by atoms with Gasteiger partial charge in [0.15, 0.2) is 0 Å². The van der Waals surface area contributed by atoms with Crippen molar-refractivity contribution in [3.05, 3.63) is 112 Å². The van der Waals surface area contributed by atoms with E-state index in [1.165, 1.54) is 0 Å². The first-order valence-electron chi connectivity index (χ1n) is 23.8. The number of hydrogen-bond acceptors (Lipinski definition) is 13. The number of aliphatic hydroxyl groups is 2. The summed E-state index contributed by atoms with van der Waals surface area (Å²) in [5.41, 5.74) is 7.70. The van der Waals surface area contributed by atoms with E-state index in [1.807, 2.05) is 121 Å². The van der Waals surface area contributed by atoms with Crippen molar-refractivity contribution in [3.63, 3.8) is 0 Å². The van der Waals surface area contributed by atoms with Gasteiger partial charge in [0.2, 0.25) is 11.8 Å². The van der Waals surface area contributed by atoms with E-state index in [0.29, 0.717) is 29.2 Å². The normalized spacial score (nSPS) is 18.9. The highest BCUT2D eigenvalue weighted by Gasteiger charge is 2.45. The number of piperazine rings is 1. The summed E-state index contributed by atoms with van der Waals surface area (Å²) in [6.07, 6.45) is -0.318. The van der Waals surface area contributed by atoms with Gasteiger partial charge in [-0.25, -0.2) is 4.98 Å². The molecule has 2 saturated heterocycles. The Labute approximate surface area is 419 Å². The molecular formula is C52H65ClN10O6S. The molecule has 3 amide bonds. The standard InChI is InChI=1S/C52H65ClN10O6S/c1-32(27-62-19-18-44(59-62)39-12-13-40(26-54)43(53)24-39)56-49(66)38-14-16-41(17-15-38)61-22-20-60(21-23-61)28-33(2)69-30-46(65)58-48(52(5,6)7)51(68)63-29-42(64)25-45(63)50(67)57-34(3)36-8-10-37(11-9-36)47-35(4)55-31-70-47/h8-19,24,31-34,42,45,48,51,64,68H,20-23,25,27-30H2,1-7H3,(H,56,66)(H,57,67)(H,58,65)/t32?,33?,34-,42+,45?,48+,51?/m0/s1. The van der Waals surface area contributed by atoms with Crippen LogP contribution >= 0.6 is 22.9 Å². The zero-order valence-corrected chi connectivity index (χ0v) is 42.5. The highest BCUT2D eigenvalue weighted by molar-refractivity contribution is 7.13. The Morgan fingerprint density at radius 1 is 0.943 bits per heavy atom. The molecule has 2 aromatic heterocycles. The van der Waals surface area contributed by atoms with E-state index in [0.717, 1.165) is 64.8 Å². The maximum atomic E-state index is 13.7. The summed E-state index contributed by atoms with van der Waals surface area (Å²) in [6.45, 7) is 17.6. The Kier molecular flexibility index (Phi) is 17.1. The Hall–Kier alpha value is -5.71. The van der Waals surface area contributed by atoms with E-state index in [4.69, 9.17) is 21.6 Å². The number of carbonyl (C=O) groups excluding carboxylic acids is 3. The van der Waals surface area contributed by atoms with Crippen LogP contribution in [0.5, 0.6) is 0 Å². The molecule has 2 fully saturated rings. The van der Waals surface area contributed by atoms with Gasteiger partial charge < -0.3 is 35.8 Å². The van der Waals surface area contributed by atoms with E-state index in [9.17, 15) is 24.6 Å². The minimum atomic E-state index is -1.25. The van der Waals surface area contributed by atoms with Gasteiger partial charge in [-0.2, -0.15) is 10.4 Å². The molecule has 4 unspecified atom stereocenters. The van der Waals surface area contributed by atoms with Crippen LogP contribution in [0.1, 0.15) is 81.2 Å². The molecule has 0 saturated carbocycles. The number of rotatable bonds is 18. The van der Waals surface area contributed by atoms with E-state index < -0.39 is 29.8 Å². The van der Waals surface area contributed by atoms with Gasteiger partial charge in [0.05, 0.1) is 69.2 Å². The largest absolute Gasteiger partial charge is 0.392 e. The van der Waals surface area contributed by atoms with Crippen LogP contribution in [-0.2, 0) is 20.9 Å². The van der Waals surface area contributed by atoms with Crippen molar-refractivity contribution in [2.45, 2.75) is 104 Å². The number of aromatic nitrogens is 3. The maximum absolute atomic E-state index is 13.7. The van der Waals surface area contributed by atoms with Crippen molar-refractivity contribution in [3.8, 4) is 27.8 Å². The van der Waals surface area contributed by atoms with Crippen molar-refractivity contribution in [2.24, 2.45) is 5.41 Å². The molecule has 0 spiro atoms. The molecule has 0 radical (unpaired) electrons. The summed E-state index contributed by atoms with van der Waals surface area (Å²) in [6, 6.07) is 22.7. The molecule has 0 bridgehead atoms. The number of benzene rings is 3. The van der Waals surface area contributed by atoms with Gasteiger partial charge in [0, 0.05) is 68.3 Å². The molecule has 70 heavy (non-hydrogen) atoms. The average molecular weight is 994 g/mol. The Morgan fingerprint density at radius 3 is 2.29 bits per heavy atom. The minimum Gasteiger partial charge on any atom is -0.392 e. The molecule has 16 nitrogen and oxygen atoms in total. The van der Waals surface area contributed by atoms with Crippen molar-refractivity contribution in [1.82, 2.24) is 40.5 Å². The van der Waals surface area contributed by atoms with Gasteiger partial charge in [0.25, 0.3) is 5.91 Å². The third-order valence-corrected chi connectivity index (χ3v) is 14.3. The summed E-state index contributed by atoms with van der Waals surface area (Å²) in [4.78, 5) is 51.9. The smallest absolute Gasteiger partial charge is 0.251 e. The molecule has 2 aliphatic heterocycles. The molecule has 5 aromatic rings. The molecular weight excluding hydrogens is 928 g/mol. The molecule has 7 atom stereocenters. The van der Waals surface area contributed by atoms with E-state index in [-0.39, 0.29) is 55.5 Å². The number of likely N-dealkylation sites (tertiary alicyclic amines) is 1. The lowest BCUT2D eigenvalue weighted by molar-refractivity contribution is -0.137. The van der Waals surface area contributed by atoms with E-state index in [1.54, 1.807) is 33.1 Å². The number of nitrogens with zero attached hydrogens (tertiary/aromatic N) is 7. The molecule has 3 aromatic carbocycles. The van der Waals surface area contributed by atoms with E-state index >= 15 is 0 Å². The summed E-state index contributed by atoms with van der Waals surface area (Å²) in [5.74, 6) is -0.861. The van der Waals surface area contributed by atoms with Gasteiger partial charge >= 0.3 is 0 Å². The number of nitrogens with one attached hydrogen (secondary N) is 3. The molecule has 5 N–H and O–H groups in total. The van der Waals surface area contributed by atoms with Crippen LogP contribution in [0.4, 0.5) is 5.69 Å². The SMILES string of the molecule is Cc1ncsc1-c1ccc([C@H](C)NC(=O)C2C[C@@H](O)CN2C(O)[C@@H](NC(=O)COC(C)CN2CCN(c3ccc(C(=O)NC(C)Cn4ccc(-c5ccc(C#N)c(Cl)c5)n4)cc3)CC2)C(C)(C)C)cc1. The zero-order valence-electron chi connectivity index (χ0n) is 40.9. The van der Waals surface area contributed by atoms with Crippen molar-refractivity contribution >= 4 is 46.3 Å². The lowest BCUT2D eigenvalue weighted by Crippen LogP contribution is -2.60. The van der Waals surface area contributed by atoms with Crippen LogP contribution in [0.15, 0.2) is 84.5 Å². The summed E-state index contributed by atoms with van der Waals surface area (Å²) < 4.78 is 7.80. The predicted molar refractivity (Wildman–Crippen MR) is 272 cm³/mol. The second-order valence-corrected chi connectivity index (χ2v) is 20.9. The molecule has 2 aliphatic rings. The summed E-state index contributed by atoms with van der Waals surface area (Å²) in [7, 11) is 0. The molecule has 18 heteroatoms. The Bertz CT molecular complexity index is 2620. The third-order valence-electron chi connectivity index (χ3n) is 13.0. The van der Waals surface area contributed by atoms with Gasteiger partial charge in [-0.3, -0.25) is 28.9 Å². The Morgan fingerprint density at radius 2 is 1.64 bits per heavy atom. The number of nitriles is 1. The predicted octanol–water partition coefficient (Wildman–Crippen LogP) is 6.01. The fourth-order valence-electron chi connectivity index (χ4n) is 9.09. The monoisotopic (exact) mass is 992 g/mol. The number of carbonyl (C=O) groups is 3. The van der Waals surface area contributed by atoms with Gasteiger partial charge in [-0.1, -0.05) is 62.7 Å². The lowest BCUT2D eigenvalue weighted by Gasteiger charge is -2.41. The van der Waals surface area contributed by atoms with Crippen molar-refractivity contribution < 1.29 is 29.3 Å². The lowest BCUT2D eigenvalue weighted by atomic mass is 9.85. The van der Waals surface area contributed by atoms with Crippen molar-refractivity contribution in [1.29, 1.82) is 5.26 Å². The van der Waals surface area contributed by atoms with Crippen LogP contribution < -0.4 is 20.9 Å².